The molecule has 1 saturated heterocycles. The Morgan fingerprint density at radius 3 is 2.87 bits per heavy atom. The average Bonchev–Trinajstić information content (AvgIpc) is 3.30. The minimum atomic E-state index is -0.675. The molecular weight excluding hydrogens is 294 g/mol. The third-order valence-corrected chi connectivity index (χ3v) is 5.03. The third-order valence-electron chi connectivity index (χ3n) is 5.03. The molecule has 1 aliphatic heterocycles. The maximum Gasteiger partial charge on any atom is 0.310 e. The highest BCUT2D eigenvalue weighted by molar-refractivity contribution is 5.79. The number of hydrogen-bond acceptors (Lipinski definition) is 5. The molecule has 2 aliphatic rings. The maximum atomic E-state index is 11.4. The number of aromatic hydroxyl groups is 1. The number of hydrogen-bond donors (Lipinski definition) is 2. The Hall–Kier alpha value is -2.63. The van der Waals surface area contributed by atoms with Crippen LogP contribution in [0, 0.1) is 11.3 Å². The van der Waals surface area contributed by atoms with Gasteiger partial charge in [-0.25, -0.2) is 9.97 Å². The third kappa shape index (κ3) is 2.21. The molecule has 0 spiro atoms. The van der Waals surface area contributed by atoms with Crippen LogP contribution in [-0.4, -0.2) is 39.2 Å². The van der Waals surface area contributed by atoms with Crippen LogP contribution in [0.5, 0.6) is 5.75 Å². The normalized spacial score (nSPS) is 25.7. The SMILES string of the molecule is O=C(O)[C@@]12CCN(c3nccc(-c4ccccc4O)n3)C[C@@H]1C2. The minimum Gasteiger partial charge on any atom is -0.507 e. The van der Waals surface area contributed by atoms with Crippen LogP contribution in [0.1, 0.15) is 12.8 Å². The summed E-state index contributed by atoms with van der Waals surface area (Å²) in [6, 6.07) is 8.83. The molecule has 1 aromatic carbocycles. The number of para-hydroxylation sites is 1. The van der Waals surface area contributed by atoms with E-state index in [0.29, 0.717) is 36.7 Å². The van der Waals surface area contributed by atoms with Crippen molar-refractivity contribution in [3.8, 4) is 17.0 Å². The molecule has 1 aliphatic carbocycles. The molecule has 2 aromatic rings. The lowest BCUT2D eigenvalue weighted by Crippen LogP contribution is -2.38. The number of benzene rings is 1. The molecule has 118 valence electrons. The Kier molecular flexibility index (Phi) is 3.01. The summed E-state index contributed by atoms with van der Waals surface area (Å²) in [5, 5.41) is 19.3. The Labute approximate surface area is 133 Å². The van der Waals surface area contributed by atoms with E-state index in [2.05, 4.69) is 9.97 Å². The van der Waals surface area contributed by atoms with Gasteiger partial charge >= 0.3 is 5.97 Å². The number of aliphatic carboxylic acids is 1. The lowest BCUT2D eigenvalue weighted by molar-refractivity contribution is -0.144. The molecule has 2 heterocycles. The molecule has 1 aromatic heterocycles. The maximum absolute atomic E-state index is 11.4. The highest BCUT2D eigenvalue weighted by Gasteiger charge is 2.62. The summed E-state index contributed by atoms with van der Waals surface area (Å²) in [5.41, 5.74) is 0.824. The quantitative estimate of drug-likeness (QED) is 0.903. The highest BCUT2D eigenvalue weighted by atomic mass is 16.4. The fraction of sp³-hybridized carbons (Fsp3) is 0.353. The van der Waals surface area contributed by atoms with Crippen LogP contribution in [0.4, 0.5) is 5.95 Å². The van der Waals surface area contributed by atoms with Gasteiger partial charge in [-0.3, -0.25) is 4.79 Å². The van der Waals surface area contributed by atoms with Gasteiger partial charge in [0.25, 0.3) is 0 Å². The van der Waals surface area contributed by atoms with Crippen molar-refractivity contribution in [1.29, 1.82) is 0 Å². The number of fused-ring (bicyclic) bond motifs is 1. The lowest BCUT2D eigenvalue weighted by atomic mass is 9.96. The van der Waals surface area contributed by atoms with Crippen LogP contribution in [0.15, 0.2) is 36.5 Å². The van der Waals surface area contributed by atoms with Gasteiger partial charge in [0.1, 0.15) is 5.75 Å². The predicted octanol–water partition coefficient (Wildman–Crippen LogP) is 2.15. The van der Waals surface area contributed by atoms with Crippen LogP contribution in [0.3, 0.4) is 0 Å². The molecule has 2 atom stereocenters. The Morgan fingerprint density at radius 2 is 2.13 bits per heavy atom. The van der Waals surface area contributed by atoms with Gasteiger partial charge in [0.2, 0.25) is 5.95 Å². The number of nitrogens with zero attached hydrogens (tertiary/aromatic N) is 3. The second-order valence-corrected chi connectivity index (χ2v) is 6.32. The molecule has 0 bridgehead atoms. The molecule has 23 heavy (non-hydrogen) atoms. The number of phenolic OH excluding ortho intramolecular Hbond substituents is 1. The van der Waals surface area contributed by atoms with Gasteiger partial charge in [-0.1, -0.05) is 12.1 Å². The van der Waals surface area contributed by atoms with E-state index in [9.17, 15) is 15.0 Å². The first kappa shape index (κ1) is 14.0. The summed E-state index contributed by atoms with van der Waals surface area (Å²) in [6.07, 6.45) is 3.06. The van der Waals surface area contributed by atoms with Crippen LogP contribution >= 0.6 is 0 Å². The predicted molar refractivity (Wildman–Crippen MR) is 84.1 cm³/mol. The van der Waals surface area contributed by atoms with Gasteiger partial charge in [0.15, 0.2) is 0 Å². The summed E-state index contributed by atoms with van der Waals surface area (Å²) >= 11 is 0. The summed E-state index contributed by atoms with van der Waals surface area (Å²) in [4.78, 5) is 22.3. The molecule has 4 rings (SSSR count). The van der Waals surface area contributed by atoms with E-state index in [4.69, 9.17) is 0 Å². The number of carboxylic acid groups (broad SMARTS) is 1. The molecule has 0 unspecified atom stereocenters. The zero-order chi connectivity index (χ0) is 16.0. The van der Waals surface area contributed by atoms with Gasteiger partial charge < -0.3 is 15.1 Å². The summed E-state index contributed by atoms with van der Waals surface area (Å²) in [6.45, 7) is 1.32. The van der Waals surface area contributed by atoms with Crippen molar-refractivity contribution in [3.05, 3.63) is 36.5 Å². The van der Waals surface area contributed by atoms with Crippen molar-refractivity contribution < 1.29 is 15.0 Å². The molecule has 2 N–H and O–H groups in total. The summed E-state index contributed by atoms with van der Waals surface area (Å²) < 4.78 is 0. The topological polar surface area (TPSA) is 86.5 Å². The van der Waals surface area contributed by atoms with E-state index in [0.717, 1.165) is 6.42 Å². The van der Waals surface area contributed by atoms with Gasteiger partial charge in [-0.2, -0.15) is 0 Å². The van der Waals surface area contributed by atoms with Crippen molar-refractivity contribution in [1.82, 2.24) is 9.97 Å². The first-order valence-corrected chi connectivity index (χ1v) is 7.70. The van der Waals surface area contributed by atoms with E-state index in [1.807, 2.05) is 17.0 Å². The van der Waals surface area contributed by atoms with E-state index in [-0.39, 0.29) is 11.7 Å². The number of piperidine rings is 1. The zero-order valence-corrected chi connectivity index (χ0v) is 12.5. The summed E-state index contributed by atoms with van der Waals surface area (Å²) in [7, 11) is 0. The molecule has 1 saturated carbocycles. The van der Waals surface area contributed by atoms with Gasteiger partial charge in [-0.05, 0) is 37.0 Å². The molecule has 2 fully saturated rings. The number of rotatable bonds is 3. The smallest absolute Gasteiger partial charge is 0.310 e. The monoisotopic (exact) mass is 311 g/mol. The fourth-order valence-corrected chi connectivity index (χ4v) is 3.51. The molecule has 0 radical (unpaired) electrons. The molecule has 6 heteroatoms. The van der Waals surface area contributed by atoms with Crippen molar-refractivity contribution >= 4 is 11.9 Å². The fourth-order valence-electron chi connectivity index (χ4n) is 3.51. The van der Waals surface area contributed by atoms with Crippen LogP contribution in [-0.2, 0) is 4.79 Å². The second-order valence-electron chi connectivity index (χ2n) is 6.32. The van der Waals surface area contributed by atoms with Crippen molar-refractivity contribution in [3.63, 3.8) is 0 Å². The van der Waals surface area contributed by atoms with Crippen LogP contribution in [0.25, 0.3) is 11.3 Å². The standard InChI is InChI=1S/C17H17N3O3/c21-14-4-2-1-3-12(14)13-5-7-18-16(19-13)20-8-6-17(15(22)23)9-11(17)10-20/h1-5,7,11,21H,6,8-10H2,(H,22,23)/t11-,17+/m0/s1. The van der Waals surface area contributed by atoms with Gasteiger partial charge in [0.05, 0.1) is 11.1 Å². The van der Waals surface area contributed by atoms with Crippen molar-refractivity contribution in [2.75, 3.05) is 18.0 Å². The Bertz CT molecular complexity index is 779. The summed E-state index contributed by atoms with van der Waals surface area (Å²) in [5.74, 6) is 0.289. The number of carbonyl (C=O) groups is 1. The molecule has 6 nitrogen and oxygen atoms in total. The molecular formula is C17H17N3O3. The number of carboxylic acids is 1. The lowest BCUT2D eigenvalue weighted by Gasteiger charge is -2.29. The van der Waals surface area contributed by atoms with Gasteiger partial charge in [-0.15, -0.1) is 0 Å². The minimum absolute atomic E-state index is 0.183. The zero-order valence-electron chi connectivity index (χ0n) is 12.5. The Morgan fingerprint density at radius 1 is 1.30 bits per heavy atom. The average molecular weight is 311 g/mol. The van der Waals surface area contributed by atoms with E-state index in [1.54, 1.807) is 24.4 Å². The first-order valence-electron chi connectivity index (χ1n) is 7.70. The van der Waals surface area contributed by atoms with Gasteiger partial charge in [0, 0.05) is 24.8 Å². The second kappa shape index (κ2) is 4.94. The number of aromatic nitrogens is 2. The van der Waals surface area contributed by atoms with E-state index < -0.39 is 11.4 Å². The van der Waals surface area contributed by atoms with Crippen molar-refractivity contribution in [2.24, 2.45) is 11.3 Å². The largest absolute Gasteiger partial charge is 0.507 e. The molecule has 0 amide bonds. The number of anilines is 1. The van der Waals surface area contributed by atoms with Crippen LogP contribution in [0.2, 0.25) is 0 Å². The Balaban J connectivity index is 1.59. The highest BCUT2D eigenvalue weighted by Crippen LogP contribution is 2.58. The number of phenols is 1. The van der Waals surface area contributed by atoms with Crippen molar-refractivity contribution in [2.45, 2.75) is 12.8 Å². The van der Waals surface area contributed by atoms with Crippen LogP contribution < -0.4 is 4.90 Å². The van der Waals surface area contributed by atoms with E-state index in [1.165, 1.54) is 0 Å². The first-order chi connectivity index (χ1) is 11.1. The van der Waals surface area contributed by atoms with E-state index >= 15 is 0 Å².